The van der Waals surface area contributed by atoms with Crippen LogP contribution in [0.15, 0.2) is 30.7 Å². The molecule has 0 unspecified atom stereocenters. The van der Waals surface area contributed by atoms with Gasteiger partial charge in [0.2, 0.25) is 5.91 Å². The number of nitrogens with zero attached hydrogens (tertiary/aromatic N) is 4. The fourth-order valence-electron chi connectivity index (χ4n) is 3.65. The Hall–Kier alpha value is -2.21. The summed E-state index contributed by atoms with van der Waals surface area (Å²) in [4.78, 5) is 19.4. The van der Waals surface area contributed by atoms with Crippen molar-refractivity contribution in [3.63, 3.8) is 0 Å². The molecule has 0 bridgehead atoms. The third-order valence-electron chi connectivity index (χ3n) is 4.94. The standard InChI is InChI=1S/C18H22N4O2/c1-2-22-11-14(9-20-22)17-15(6-4-8-24-17)18(23)21-10-13-5-3-7-19-16(13)12-21/h3,5,7,9,11,15,17H,2,4,6,8,10,12H2,1H3/t15-,17+/m1/s1. The van der Waals surface area contributed by atoms with Crippen LogP contribution in [-0.2, 0) is 29.2 Å². The summed E-state index contributed by atoms with van der Waals surface area (Å²) in [5.41, 5.74) is 3.17. The molecule has 1 fully saturated rings. The molecule has 2 aromatic heterocycles. The number of aryl methyl sites for hydroxylation is 1. The first-order valence-electron chi connectivity index (χ1n) is 8.61. The minimum atomic E-state index is -0.191. The number of fused-ring (bicyclic) bond motifs is 1. The van der Waals surface area contributed by atoms with Crippen LogP contribution in [0.5, 0.6) is 0 Å². The summed E-state index contributed by atoms with van der Waals surface area (Å²) < 4.78 is 7.86. The van der Waals surface area contributed by atoms with Crippen molar-refractivity contribution in [3.05, 3.63) is 47.5 Å². The zero-order valence-electron chi connectivity index (χ0n) is 13.9. The third-order valence-corrected chi connectivity index (χ3v) is 4.94. The average Bonchev–Trinajstić information content (AvgIpc) is 3.27. The van der Waals surface area contributed by atoms with Crippen LogP contribution in [0.3, 0.4) is 0 Å². The van der Waals surface area contributed by atoms with E-state index in [1.165, 1.54) is 0 Å². The maximum atomic E-state index is 13.1. The molecule has 6 nitrogen and oxygen atoms in total. The van der Waals surface area contributed by atoms with E-state index in [0.29, 0.717) is 19.7 Å². The molecule has 2 aliphatic heterocycles. The monoisotopic (exact) mass is 326 g/mol. The number of pyridine rings is 1. The van der Waals surface area contributed by atoms with Gasteiger partial charge in [0, 0.05) is 37.7 Å². The van der Waals surface area contributed by atoms with Crippen molar-refractivity contribution < 1.29 is 9.53 Å². The van der Waals surface area contributed by atoms with Crippen molar-refractivity contribution in [1.82, 2.24) is 19.7 Å². The summed E-state index contributed by atoms with van der Waals surface area (Å²) in [6.45, 7) is 4.83. The molecule has 126 valence electrons. The van der Waals surface area contributed by atoms with Gasteiger partial charge in [0.05, 0.1) is 30.5 Å². The molecular formula is C18H22N4O2. The molecular weight excluding hydrogens is 304 g/mol. The number of ether oxygens (including phenoxy) is 1. The molecule has 0 saturated carbocycles. The molecule has 0 spiro atoms. The topological polar surface area (TPSA) is 60.2 Å². The van der Waals surface area contributed by atoms with Gasteiger partial charge in [0.15, 0.2) is 0 Å². The highest BCUT2D eigenvalue weighted by Crippen LogP contribution is 2.36. The summed E-state index contributed by atoms with van der Waals surface area (Å²) in [6.07, 6.45) is 7.22. The van der Waals surface area contributed by atoms with Gasteiger partial charge in [-0.2, -0.15) is 5.10 Å². The largest absolute Gasteiger partial charge is 0.373 e. The first kappa shape index (κ1) is 15.3. The Labute approximate surface area is 141 Å². The summed E-state index contributed by atoms with van der Waals surface area (Å²) in [6, 6.07) is 3.98. The van der Waals surface area contributed by atoms with Gasteiger partial charge in [-0.05, 0) is 31.4 Å². The molecule has 1 amide bonds. The maximum absolute atomic E-state index is 13.1. The van der Waals surface area contributed by atoms with Gasteiger partial charge in [-0.3, -0.25) is 14.5 Å². The van der Waals surface area contributed by atoms with Crippen LogP contribution < -0.4 is 0 Å². The summed E-state index contributed by atoms with van der Waals surface area (Å²) in [7, 11) is 0. The average molecular weight is 326 g/mol. The first-order valence-corrected chi connectivity index (χ1v) is 8.61. The molecule has 24 heavy (non-hydrogen) atoms. The van der Waals surface area contributed by atoms with Crippen LogP contribution in [0, 0.1) is 5.92 Å². The fourth-order valence-corrected chi connectivity index (χ4v) is 3.65. The van der Waals surface area contributed by atoms with Crippen molar-refractivity contribution >= 4 is 5.91 Å². The van der Waals surface area contributed by atoms with Crippen LogP contribution in [-0.4, -0.2) is 32.2 Å². The maximum Gasteiger partial charge on any atom is 0.229 e. The number of carbonyl (C=O) groups excluding carboxylic acids is 1. The molecule has 4 heterocycles. The highest BCUT2D eigenvalue weighted by molar-refractivity contribution is 5.80. The van der Waals surface area contributed by atoms with Gasteiger partial charge >= 0.3 is 0 Å². The SMILES string of the molecule is CCn1cc([C@@H]2OCCC[C@H]2C(=O)N2Cc3cccnc3C2)cn1. The summed E-state index contributed by atoms with van der Waals surface area (Å²) >= 11 is 0. The molecule has 2 aromatic rings. The number of hydrogen-bond donors (Lipinski definition) is 0. The molecule has 4 rings (SSSR count). The van der Waals surface area contributed by atoms with E-state index in [-0.39, 0.29) is 17.9 Å². The van der Waals surface area contributed by atoms with Gasteiger partial charge in [-0.25, -0.2) is 0 Å². The Morgan fingerprint density at radius 2 is 2.33 bits per heavy atom. The normalized spacial score (nSPS) is 23.3. The molecule has 0 aliphatic carbocycles. The number of hydrogen-bond acceptors (Lipinski definition) is 4. The number of rotatable bonds is 3. The number of carbonyl (C=O) groups is 1. The molecule has 1 saturated heterocycles. The second kappa shape index (κ2) is 6.36. The Balaban J connectivity index is 1.54. The van der Waals surface area contributed by atoms with Gasteiger partial charge in [0.25, 0.3) is 0 Å². The van der Waals surface area contributed by atoms with Crippen LogP contribution in [0.1, 0.15) is 42.7 Å². The first-order chi connectivity index (χ1) is 11.8. The van der Waals surface area contributed by atoms with E-state index < -0.39 is 0 Å². The van der Waals surface area contributed by atoms with Crippen molar-refractivity contribution in [2.75, 3.05) is 6.61 Å². The number of aromatic nitrogens is 3. The van der Waals surface area contributed by atoms with Crippen molar-refractivity contribution in [2.24, 2.45) is 5.92 Å². The van der Waals surface area contributed by atoms with E-state index in [9.17, 15) is 4.79 Å². The molecule has 6 heteroatoms. The van der Waals surface area contributed by atoms with Gasteiger partial charge < -0.3 is 9.64 Å². The third kappa shape index (κ3) is 2.71. The Morgan fingerprint density at radius 1 is 1.42 bits per heavy atom. The lowest BCUT2D eigenvalue weighted by atomic mass is 9.89. The predicted octanol–water partition coefficient (Wildman–Crippen LogP) is 2.31. The van der Waals surface area contributed by atoms with Crippen LogP contribution in [0.2, 0.25) is 0 Å². The molecule has 2 atom stereocenters. The molecule has 0 N–H and O–H groups in total. The highest BCUT2D eigenvalue weighted by atomic mass is 16.5. The Kier molecular flexibility index (Phi) is 4.06. The quantitative estimate of drug-likeness (QED) is 0.868. The van der Waals surface area contributed by atoms with E-state index >= 15 is 0 Å². The van der Waals surface area contributed by atoms with E-state index in [1.807, 2.05) is 28.0 Å². The van der Waals surface area contributed by atoms with Crippen LogP contribution >= 0.6 is 0 Å². The van der Waals surface area contributed by atoms with E-state index in [1.54, 1.807) is 6.20 Å². The van der Waals surface area contributed by atoms with Gasteiger partial charge in [0.1, 0.15) is 0 Å². The predicted molar refractivity (Wildman–Crippen MR) is 87.8 cm³/mol. The lowest BCUT2D eigenvalue weighted by Crippen LogP contribution is -2.38. The van der Waals surface area contributed by atoms with E-state index in [2.05, 4.69) is 23.1 Å². The summed E-state index contributed by atoms with van der Waals surface area (Å²) in [5.74, 6) is 0.0320. The second-order valence-electron chi connectivity index (χ2n) is 6.47. The van der Waals surface area contributed by atoms with E-state index in [0.717, 1.165) is 36.2 Å². The lowest BCUT2D eigenvalue weighted by Gasteiger charge is -2.32. The van der Waals surface area contributed by atoms with Gasteiger partial charge in [-0.15, -0.1) is 0 Å². The van der Waals surface area contributed by atoms with E-state index in [4.69, 9.17) is 4.74 Å². The minimum absolute atomic E-state index is 0.137. The lowest BCUT2D eigenvalue weighted by molar-refractivity contribution is -0.146. The van der Waals surface area contributed by atoms with Crippen molar-refractivity contribution in [2.45, 2.75) is 45.5 Å². The zero-order valence-corrected chi connectivity index (χ0v) is 13.9. The minimum Gasteiger partial charge on any atom is -0.373 e. The molecule has 0 radical (unpaired) electrons. The van der Waals surface area contributed by atoms with Crippen LogP contribution in [0.25, 0.3) is 0 Å². The molecule has 2 aliphatic rings. The smallest absolute Gasteiger partial charge is 0.229 e. The second-order valence-corrected chi connectivity index (χ2v) is 6.47. The highest BCUT2D eigenvalue weighted by Gasteiger charge is 2.38. The fraction of sp³-hybridized carbons (Fsp3) is 0.500. The Bertz CT molecular complexity index is 717. The van der Waals surface area contributed by atoms with Crippen molar-refractivity contribution in [3.8, 4) is 0 Å². The Morgan fingerprint density at radius 3 is 3.12 bits per heavy atom. The molecule has 0 aromatic carbocycles. The summed E-state index contributed by atoms with van der Waals surface area (Å²) in [5, 5.41) is 4.34. The van der Waals surface area contributed by atoms with Crippen molar-refractivity contribution in [1.29, 1.82) is 0 Å². The zero-order chi connectivity index (χ0) is 16.5. The van der Waals surface area contributed by atoms with Crippen LogP contribution in [0.4, 0.5) is 0 Å². The van der Waals surface area contributed by atoms with Gasteiger partial charge in [-0.1, -0.05) is 6.07 Å². The number of amides is 1.